The number of ether oxygens (including phenoxy) is 1. The molecule has 5 aliphatic carbocycles. The molecule has 5 rings (SSSR count). The van der Waals surface area contributed by atoms with Crippen LogP contribution in [-0.4, -0.2) is 17.7 Å². The molecule has 0 spiro atoms. The van der Waals surface area contributed by atoms with Gasteiger partial charge in [-0.3, -0.25) is 4.79 Å². The molecule has 0 aromatic carbocycles. The van der Waals surface area contributed by atoms with Crippen molar-refractivity contribution in [2.45, 2.75) is 96.3 Å². The molecule has 0 saturated heterocycles. The van der Waals surface area contributed by atoms with Gasteiger partial charge in [0, 0.05) is 5.41 Å². The minimum Gasteiger partial charge on any atom is -0.458 e. The first kappa shape index (κ1) is 18.6. The summed E-state index contributed by atoms with van der Waals surface area (Å²) in [7, 11) is 0. The highest BCUT2D eigenvalue weighted by molar-refractivity contribution is 5.78. The van der Waals surface area contributed by atoms with E-state index in [1.54, 1.807) is 0 Å². The maximum absolute atomic E-state index is 13.9. The second-order valence-corrected chi connectivity index (χ2v) is 10.2. The Morgan fingerprint density at radius 2 is 1.35 bits per heavy atom. The summed E-state index contributed by atoms with van der Waals surface area (Å²) >= 11 is 0. The molecule has 5 heteroatoms. The Morgan fingerprint density at radius 3 is 1.77 bits per heavy atom. The van der Waals surface area contributed by atoms with E-state index >= 15 is 0 Å². The van der Waals surface area contributed by atoms with Gasteiger partial charge in [-0.25, -0.2) is 0 Å². The fourth-order valence-corrected chi connectivity index (χ4v) is 7.04. The van der Waals surface area contributed by atoms with Crippen molar-refractivity contribution in [3.8, 4) is 0 Å². The van der Waals surface area contributed by atoms with Crippen LogP contribution in [0.4, 0.5) is 13.2 Å². The van der Waals surface area contributed by atoms with Crippen molar-refractivity contribution in [3.63, 3.8) is 0 Å². The van der Waals surface area contributed by atoms with Crippen molar-refractivity contribution in [1.29, 1.82) is 0 Å². The van der Waals surface area contributed by atoms with Crippen LogP contribution in [0.3, 0.4) is 0 Å². The van der Waals surface area contributed by atoms with Crippen LogP contribution < -0.4 is 0 Å². The monoisotopic (exact) mass is 372 g/mol. The second-order valence-electron chi connectivity index (χ2n) is 10.2. The Bertz CT molecular complexity index is 537. The van der Waals surface area contributed by atoms with E-state index in [4.69, 9.17) is 4.74 Å². The normalized spacial score (nSPS) is 39.0. The molecule has 0 aromatic heterocycles. The lowest BCUT2D eigenvalue weighted by atomic mass is 9.46. The molecule has 148 valence electrons. The fourth-order valence-electron chi connectivity index (χ4n) is 7.04. The minimum atomic E-state index is -4.53. The molecule has 2 nitrogen and oxygen atoms in total. The third kappa shape index (κ3) is 2.71. The van der Waals surface area contributed by atoms with Gasteiger partial charge in [-0.05, 0) is 83.0 Å². The number of carbonyl (C=O) groups excluding carboxylic acids is 1. The predicted molar refractivity (Wildman–Crippen MR) is 92.3 cm³/mol. The van der Waals surface area contributed by atoms with E-state index in [1.165, 1.54) is 19.3 Å². The van der Waals surface area contributed by atoms with Gasteiger partial charge in [-0.1, -0.05) is 19.3 Å². The zero-order valence-corrected chi connectivity index (χ0v) is 16.0. The maximum Gasteiger partial charge on any atom is 0.404 e. The summed E-state index contributed by atoms with van der Waals surface area (Å²) in [6.45, 7) is 3.76. The lowest BCUT2D eigenvalue weighted by Gasteiger charge is -2.61. The molecule has 0 heterocycles. The van der Waals surface area contributed by atoms with E-state index in [2.05, 4.69) is 0 Å². The van der Waals surface area contributed by atoms with Gasteiger partial charge in [0.25, 0.3) is 0 Å². The highest BCUT2D eigenvalue weighted by Gasteiger charge is 2.64. The largest absolute Gasteiger partial charge is 0.458 e. The number of carbonyl (C=O) groups is 1. The van der Waals surface area contributed by atoms with Gasteiger partial charge in [0.1, 0.15) is 5.60 Å². The van der Waals surface area contributed by atoms with Gasteiger partial charge in [-0.2, -0.15) is 13.2 Å². The van der Waals surface area contributed by atoms with Crippen LogP contribution >= 0.6 is 0 Å². The van der Waals surface area contributed by atoms with Crippen LogP contribution in [-0.2, 0) is 9.53 Å². The summed E-state index contributed by atoms with van der Waals surface area (Å²) in [5, 5.41) is 0. The van der Waals surface area contributed by atoms with E-state index < -0.39 is 23.2 Å². The summed E-state index contributed by atoms with van der Waals surface area (Å²) < 4.78 is 47.5. The van der Waals surface area contributed by atoms with Gasteiger partial charge in [0.05, 0.1) is 0 Å². The molecule has 5 fully saturated rings. The van der Waals surface area contributed by atoms with Crippen molar-refractivity contribution in [2.24, 2.45) is 28.6 Å². The number of hydrogen-bond donors (Lipinski definition) is 0. The van der Waals surface area contributed by atoms with E-state index in [0.717, 1.165) is 25.7 Å². The zero-order chi connectivity index (χ0) is 18.8. The molecule has 0 radical (unpaired) electrons. The van der Waals surface area contributed by atoms with Gasteiger partial charge in [0.15, 0.2) is 5.41 Å². The average Bonchev–Trinajstić information content (AvgIpc) is 2.52. The lowest BCUT2D eigenvalue weighted by Crippen LogP contribution is -2.59. The molecule has 5 saturated carbocycles. The van der Waals surface area contributed by atoms with Gasteiger partial charge >= 0.3 is 12.1 Å². The molecule has 4 bridgehead atoms. The summed E-state index contributed by atoms with van der Waals surface area (Å²) in [6, 6.07) is 0. The molecule has 5 aliphatic rings. The smallest absolute Gasteiger partial charge is 0.404 e. The Hall–Kier alpha value is -0.740. The van der Waals surface area contributed by atoms with E-state index in [1.807, 2.05) is 13.8 Å². The Kier molecular flexibility index (Phi) is 4.21. The Balaban J connectivity index is 1.58. The van der Waals surface area contributed by atoms with Crippen molar-refractivity contribution in [3.05, 3.63) is 0 Å². The maximum atomic E-state index is 13.9. The molecule has 0 aliphatic heterocycles. The molecule has 0 amide bonds. The molecular weight excluding hydrogens is 341 g/mol. The van der Waals surface area contributed by atoms with Crippen LogP contribution in [0.15, 0.2) is 0 Å². The first-order chi connectivity index (χ1) is 12.1. The number of hydrogen-bond acceptors (Lipinski definition) is 2. The first-order valence-corrected chi connectivity index (χ1v) is 10.4. The van der Waals surface area contributed by atoms with E-state index in [0.29, 0.717) is 30.6 Å². The van der Waals surface area contributed by atoms with E-state index in [9.17, 15) is 18.0 Å². The highest BCUT2D eigenvalue weighted by atomic mass is 19.4. The SMILES string of the molecule is CC(C)(OC(=O)C1(C(F)(F)F)CCCCC1)C12CC3CC(CC(C3)C1)C2. The molecule has 0 unspecified atom stereocenters. The van der Waals surface area contributed by atoms with E-state index in [-0.39, 0.29) is 18.3 Å². The Morgan fingerprint density at radius 1 is 0.885 bits per heavy atom. The third-order valence-corrected chi connectivity index (χ3v) is 8.30. The van der Waals surface area contributed by atoms with Crippen LogP contribution in [0, 0.1) is 28.6 Å². The summed E-state index contributed by atoms with van der Waals surface area (Å²) in [6.07, 6.45) is 3.72. The average molecular weight is 372 g/mol. The topological polar surface area (TPSA) is 26.3 Å². The molecular formula is C21H31F3O2. The zero-order valence-electron chi connectivity index (χ0n) is 16.0. The van der Waals surface area contributed by atoms with Crippen molar-refractivity contribution >= 4 is 5.97 Å². The van der Waals surface area contributed by atoms with Crippen molar-refractivity contribution in [1.82, 2.24) is 0 Å². The minimum absolute atomic E-state index is 0.119. The predicted octanol–water partition coefficient (Wildman–Crippen LogP) is 6.04. The van der Waals surface area contributed by atoms with Crippen LogP contribution in [0.1, 0.15) is 84.5 Å². The standard InChI is InChI=1S/C21H31F3O2/c1-18(2,19-11-14-8-15(12-19)10-16(9-14)13-19)26-17(25)20(21(22,23)24)6-4-3-5-7-20/h14-16H,3-13H2,1-2H3. The highest BCUT2D eigenvalue weighted by Crippen LogP contribution is 2.64. The molecule has 0 aromatic rings. The summed E-state index contributed by atoms with van der Waals surface area (Å²) in [4.78, 5) is 12.9. The second kappa shape index (κ2) is 5.88. The number of alkyl halides is 3. The fraction of sp³-hybridized carbons (Fsp3) is 0.952. The lowest BCUT2D eigenvalue weighted by molar-refractivity contribution is -0.259. The summed E-state index contributed by atoms with van der Waals surface area (Å²) in [5.41, 5.74) is -3.24. The van der Waals surface area contributed by atoms with Gasteiger partial charge in [0.2, 0.25) is 0 Å². The number of esters is 1. The van der Waals surface area contributed by atoms with Crippen LogP contribution in [0.5, 0.6) is 0 Å². The molecule has 26 heavy (non-hydrogen) atoms. The molecule has 0 atom stereocenters. The molecule has 0 N–H and O–H groups in total. The van der Waals surface area contributed by atoms with Crippen molar-refractivity contribution in [2.75, 3.05) is 0 Å². The van der Waals surface area contributed by atoms with Gasteiger partial charge < -0.3 is 4.74 Å². The van der Waals surface area contributed by atoms with Crippen LogP contribution in [0.25, 0.3) is 0 Å². The van der Waals surface area contributed by atoms with Gasteiger partial charge in [-0.15, -0.1) is 0 Å². The quantitative estimate of drug-likeness (QED) is 0.565. The first-order valence-electron chi connectivity index (χ1n) is 10.4. The van der Waals surface area contributed by atoms with Crippen molar-refractivity contribution < 1.29 is 22.7 Å². The van der Waals surface area contributed by atoms with Crippen LogP contribution in [0.2, 0.25) is 0 Å². The summed E-state index contributed by atoms with van der Waals surface area (Å²) in [5.74, 6) is 1.01. The number of halogens is 3. The third-order valence-electron chi connectivity index (χ3n) is 8.30. The number of rotatable bonds is 3. The Labute approximate surface area is 154 Å².